The lowest BCUT2D eigenvalue weighted by molar-refractivity contribution is -0.384. The lowest BCUT2D eigenvalue weighted by Crippen LogP contribution is -2.47. The van der Waals surface area contributed by atoms with Gasteiger partial charge in [-0.25, -0.2) is 14.8 Å². The maximum atomic E-state index is 13.3. The van der Waals surface area contributed by atoms with Gasteiger partial charge in [-0.2, -0.15) is 0 Å². The standard InChI is InChI=1S/C25H23BrN6O4/c1-2-36-25(33)22-23(18-15-17(26)7-8-19(18)28-24(22)31-10-9-27-16-31)30-13-11-29(12-14-30)20-5-3-4-6-21(20)32(34)35/h3-10,15-16H,2,11-14H2,1H3. The highest BCUT2D eigenvalue weighted by Gasteiger charge is 2.30. The van der Waals surface area contributed by atoms with Crippen molar-refractivity contribution in [2.24, 2.45) is 0 Å². The molecule has 10 nitrogen and oxygen atoms in total. The van der Waals surface area contributed by atoms with Crippen LogP contribution in [0.5, 0.6) is 0 Å². The fourth-order valence-electron chi connectivity index (χ4n) is 4.55. The number of nitrogens with zero attached hydrogens (tertiary/aromatic N) is 6. The number of piperazine rings is 1. The second kappa shape index (κ2) is 9.94. The van der Waals surface area contributed by atoms with Gasteiger partial charge in [-0.15, -0.1) is 0 Å². The first-order valence-corrected chi connectivity index (χ1v) is 12.3. The Balaban J connectivity index is 1.61. The van der Waals surface area contributed by atoms with E-state index in [1.165, 1.54) is 6.07 Å². The van der Waals surface area contributed by atoms with Crippen LogP contribution >= 0.6 is 15.9 Å². The van der Waals surface area contributed by atoms with Gasteiger partial charge in [0.1, 0.15) is 17.6 Å². The minimum absolute atomic E-state index is 0.0823. The summed E-state index contributed by atoms with van der Waals surface area (Å²) in [6.45, 7) is 4.19. The molecular weight excluding hydrogens is 528 g/mol. The van der Waals surface area contributed by atoms with Crippen molar-refractivity contribution in [1.29, 1.82) is 0 Å². The van der Waals surface area contributed by atoms with Gasteiger partial charge in [-0.1, -0.05) is 28.1 Å². The van der Waals surface area contributed by atoms with Crippen molar-refractivity contribution in [3.05, 3.63) is 81.3 Å². The van der Waals surface area contributed by atoms with Gasteiger partial charge < -0.3 is 14.5 Å². The maximum absolute atomic E-state index is 13.3. The molecule has 1 aliphatic heterocycles. The normalized spacial score (nSPS) is 13.7. The van der Waals surface area contributed by atoms with E-state index in [-0.39, 0.29) is 17.2 Å². The highest BCUT2D eigenvalue weighted by molar-refractivity contribution is 9.10. The summed E-state index contributed by atoms with van der Waals surface area (Å²) in [5.41, 5.74) is 2.49. The van der Waals surface area contributed by atoms with Crippen LogP contribution in [0.3, 0.4) is 0 Å². The molecule has 0 N–H and O–H groups in total. The minimum atomic E-state index is -0.466. The molecule has 0 spiro atoms. The number of ether oxygens (including phenoxy) is 1. The molecule has 0 aliphatic carbocycles. The number of anilines is 2. The van der Waals surface area contributed by atoms with E-state index in [0.29, 0.717) is 43.2 Å². The molecule has 0 atom stereocenters. The number of rotatable bonds is 6. The number of nitro benzene ring substituents is 1. The second-order valence-electron chi connectivity index (χ2n) is 8.23. The molecule has 1 fully saturated rings. The average molecular weight is 551 g/mol. The van der Waals surface area contributed by atoms with E-state index in [2.05, 4.69) is 25.8 Å². The average Bonchev–Trinajstić information content (AvgIpc) is 3.43. The highest BCUT2D eigenvalue weighted by Crippen LogP contribution is 2.37. The van der Waals surface area contributed by atoms with Gasteiger partial charge in [0, 0.05) is 54.5 Å². The number of carbonyl (C=O) groups is 1. The van der Waals surface area contributed by atoms with Crippen LogP contribution < -0.4 is 9.80 Å². The van der Waals surface area contributed by atoms with Crippen LogP contribution in [0, 0.1) is 10.1 Å². The number of nitro groups is 1. The first-order valence-electron chi connectivity index (χ1n) is 11.5. The van der Waals surface area contributed by atoms with Gasteiger partial charge in [0.15, 0.2) is 5.82 Å². The third-order valence-corrected chi connectivity index (χ3v) is 6.64. The molecule has 1 aliphatic rings. The molecule has 0 unspecified atom stereocenters. The molecule has 5 rings (SSSR count). The summed E-state index contributed by atoms with van der Waals surface area (Å²) in [7, 11) is 0. The van der Waals surface area contributed by atoms with Crippen molar-refractivity contribution in [3.63, 3.8) is 0 Å². The van der Waals surface area contributed by atoms with Gasteiger partial charge in [-0.3, -0.25) is 14.7 Å². The molecule has 4 aromatic rings. The third-order valence-electron chi connectivity index (χ3n) is 6.14. The van der Waals surface area contributed by atoms with E-state index in [1.807, 2.05) is 23.1 Å². The van der Waals surface area contributed by atoms with Gasteiger partial charge in [0.25, 0.3) is 5.69 Å². The van der Waals surface area contributed by atoms with Crippen molar-refractivity contribution >= 4 is 49.9 Å². The van der Waals surface area contributed by atoms with Crippen LogP contribution in [-0.4, -0.2) is 58.2 Å². The summed E-state index contributed by atoms with van der Waals surface area (Å²) >= 11 is 3.55. The Morgan fingerprint density at radius 2 is 1.89 bits per heavy atom. The smallest absolute Gasteiger partial charge is 0.344 e. The molecule has 0 saturated carbocycles. The predicted molar refractivity (Wildman–Crippen MR) is 140 cm³/mol. The zero-order valence-electron chi connectivity index (χ0n) is 19.5. The Kier molecular flexibility index (Phi) is 6.55. The topological polar surface area (TPSA) is 107 Å². The van der Waals surface area contributed by atoms with Gasteiger partial charge >= 0.3 is 5.97 Å². The maximum Gasteiger partial charge on any atom is 0.344 e. The van der Waals surface area contributed by atoms with E-state index in [0.717, 1.165) is 21.1 Å². The molecule has 3 heterocycles. The highest BCUT2D eigenvalue weighted by atomic mass is 79.9. The van der Waals surface area contributed by atoms with Crippen molar-refractivity contribution in [2.45, 2.75) is 6.92 Å². The van der Waals surface area contributed by atoms with Crippen LogP contribution in [0.4, 0.5) is 17.1 Å². The van der Waals surface area contributed by atoms with Gasteiger partial charge in [0.2, 0.25) is 0 Å². The van der Waals surface area contributed by atoms with E-state index >= 15 is 0 Å². The molecule has 11 heteroatoms. The number of benzene rings is 2. The molecule has 2 aromatic carbocycles. The molecule has 1 saturated heterocycles. The van der Waals surface area contributed by atoms with E-state index < -0.39 is 5.97 Å². The fraction of sp³-hybridized carbons (Fsp3) is 0.240. The first-order chi connectivity index (χ1) is 17.5. The predicted octanol–water partition coefficient (Wildman–Crippen LogP) is 4.59. The third kappa shape index (κ3) is 4.37. The Hall–Kier alpha value is -3.99. The lowest BCUT2D eigenvalue weighted by Gasteiger charge is -2.38. The molecule has 0 amide bonds. The number of hydrogen-bond acceptors (Lipinski definition) is 8. The SMILES string of the molecule is CCOC(=O)c1c(-n2ccnc2)nc2ccc(Br)cc2c1N1CCN(c2ccccc2[N+](=O)[O-])CC1. The Labute approximate surface area is 215 Å². The second-order valence-corrected chi connectivity index (χ2v) is 9.15. The summed E-state index contributed by atoms with van der Waals surface area (Å²) in [4.78, 5) is 37.6. The molecule has 2 aromatic heterocycles. The van der Waals surface area contributed by atoms with Crippen molar-refractivity contribution in [2.75, 3.05) is 42.6 Å². The number of halogens is 1. The van der Waals surface area contributed by atoms with E-state index in [9.17, 15) is 14.9 Å². The first kappa shape index (κ1) is 23.7. The molecule has 36 heavy (non-hydrogen) atoms. The molecule has 0 bridgehead atoms. The van der Waals surface area contributed by atoms with Crippen molar-refractivity contribution < 1.29 is 14.5 Å². The van der Waals surface area contributed by atoms with Crippen LogP contribution in [0.25, 0.3) is 16.7 Å². The number of aromatic nitrogens is 3. The van der Waals surface area contributed by atoms with Crippen molar-refractivity contribution in [3.8, 4) is 5.82 Å². The minimum Gasteiger partial charge on any atom is -0.462 e. The summed E-state index contributed by atoms with van der Waals surface area (Å²) in [5.74, 6) is -0.0244. The Morgan fingerprint density at radius 3 is 2.58 bits per heavy atom. The lowest BCUT2D eigenvalue weighted by atomic mass is 10.1. The zero-order valence-corrected chi connectivity index (χ0v) is 21.1. The number of carbonyl (C=O) groups excluding carboxylic acids is 1. The van der Waals surface area contributed by atoms with E-state index in [1.54, 1.807) is 48.4 Å². The Morgan fingerprint density at radius 1 is 1.14 bits per heavy atom. The number of imidazole rings is 1. The molecular formula is C25H23BrN6O4. The fourth-order valence-corrected chi connectivity index (χ4v) is 4.91. The quantitative estimate of drug-likeness (QED) is 0.195. The van der Waals surface area contributed by atoms with Gasteiger partial charge in [-0.05, 0) is 31.2 Å². The summed E-state index contributed by atoms with van der Waals surface area (Å²) in [5, 5.41) is 12.4. The Bertz CT molecular complexity index is 1430. The number of fused-ring (bicyclic) bond motifs is 1. The number of hydrogen-bond donors (Lipinski definition) is 0. The number of para-hydroxylation sites is 2. The summed E-state index contributed by atoms with van der Waals surface area (Å²) in [6, 6.07) is 12.5. The van der Waals surface area contributed by atoms with Gasteiger partial charge in [0.05, 0.1) is 22.7 Å². The van der Waals surface area contributed by atoms with Crippen LogP contribution in [0.15, 0.2) is 65.7 Å². The largest absolute Gasteiger partial charge is 0.462 e. The van der Waals surface area contributed by atoms with Crippen molar-refractivity contribution in [1.82, 2.24) is 14.5 Å². The van der Waals surface area contributed by atoms with Crippen LogP contribution in [0.2, 0.25) is 0 Å². The van der Waals surface area contributed by atoms with Crippen LogP contribution in [0.1, 0.15) is 17.3 Å². The zero-order chi connectivity index (χ0) is 25.2. The van der Waals surface area contributed by atoms with E-state index in [4.69, 9.17) is 9.72 Å². The van der Waals surface area contributed by atoms with Crippen LogP contribution in [-0.2, 0) is 4.74 Å². The summed E-state index contributed by atoms with van der Waals surface area (Å²) in [6.07, 6.45) is 4.98. The number of esters is 1. The molecule has 0 radical (unpaired) electrons. The monoisotopic (exact) mass is 550 g/mol. The number of pyridine rings is 1. The summed E-state index contributed by atoms with van der Waals surface area (Å²) < 4.78 is 8.05. The molecule has 184 valence electrons.